The van der Waals surface area contributed by atoms with Crippen LogP contribution in [0.2, 0.25) is 0 Å². The topological polar surface area (TPSA) is 97.9 Å². The molecule has 1 fully saturated rings. The van der Waals surface area contributed by atoms with Crippen LogP contribution >= 0.6 is 0 Å². The third-order valence-corrected chi connectivity index (χ3v) is 4.57. The molecule has 1 saturated carbocycles. The van der Waals surface area contributed by atoms with Gasteiger partial charge in [0.15, 0.2) is 0 Å². The number of rotatable bonds is 4. The minimum atomic E-state index is -0.240. The third kappa shape index (κ3) is 5.23. The van der Waals surface area contributed by atoms with Crippen molar-refractivity contribution in [3.8, 4) is 17.9 Å². The lowest BCUT2D eigenvalue weighted by atomic mass is 9.93. The summed E-state index contributed by atoms with van der Waals surface area (Å²) in [5.41, 5.74) is 1.83. The molecule has 1 aliphatic rings. The molecule has 1 aliphatic carbocycles. The second-order valence-electron chi connectivity index (χ2n) is 6.52. The van der Waals surface area contributed by atoms with E-state index in [0.29, 0.717) is 16.8 Å². The lowest BCUT2D eigenvalue weighted by molar-refractivity contribution is 0.141. The van der Waals surface area contributed by atoms with Gasteiger partial charge in [-0.05, 0) is 74.2 Å². The minimum absolute atomic E-state index is 0.115. The van der Waals surface area contributed by atoms with Gasteiger partial charge < -0.3 is 15.4 Å². The SMILES string of the molecule is N#Cc1ccc(NC(=O)NC2CCC(Oc3ccc(C#N)cc3)CC2)cc1. The quantitative estimate of drug-likeness (QED) is 0.863. The summed E-state index contributed by atoms with van der Waals surface area (Å²) in [4.78, 5) is 12.1. The number of amides is 2. The number of carbonyl (C=O) groups is 1. The second-order valence-corrected chi connectivity index (χ2v) is 6.52. The van der Waals surface area contributed by atoms with E-state index in [1.165, 1.54) is 0 Å². The maximum Gasteiger partial charge on any atom is 0.319 e. The summed E-state index contributed by atoms with van der Waals surface area (Å²) in [6, 6.07) is 17.9. The highest BCUT2D eigenvalue weighted by atomic mass is 16.5. The number of hydrogen-bond acceptors (Lipinski definition) is 4. The van der Waals surface area contributed by atoms with E-state index in [1.54, 1.807) is 36.4 Å². The summed E-state index contributed by atoms with van der Waals surface area (Å²) >= 11 is 0. The minimum Gasteiger partial charge on any atom is -0.490 e. The number of anilines is 1. The summed E-state index contributed by atoms with van der Waals surface area (Å²) in [5.74, 6) is 0.768. The Morgan fingerprint density at radius 2 is 1.44 bits per heavy atom. The Morgan fingerprint density at radius 3 is 2.00 bits per heavy atom. The largest absolute Gasteiger partial charge is 0.490 e. The van der Waals surface area contributed by atoms with E-state index in [1.807, 2.05) is 18.2 Å². The smallest absolute Gasteiger partial charge is 0.319 e. The molecule has 2 aromatic rings. The molecule has 6 heteroatoms. The highest BCUT2D eigenvalue weighted by Gasteiger charge is 2.23. The number of nitrogens with zero attached hydrogens (tertiary/aromatic N) is 2. The molecule has 0 spiro atoms. The Bertz CT molecular complexity index is 855. The Morgan fingerprint density at radius 1 is 0.889 bits per heavy atom. The molecule has 0 saturated heterocycles. The summed E-state index contributed by atoms with van der Waals surface area (Å²) < 4.78 is 5.96. The zero-order valence-electron chi connectivity index (χ0n) is 14.8. The first kappa shape index (κ1) is 18.3. The van der Waals surface area contributed by atoms with Gasteiger partial charge in [-0.3, -0.25) is 0 Å². The van der Waals surface area contributed by atoms with Crippen molar-refractivity contribution in [3.05, 3.63) is 59.7 Å². The van der Waals surface area contributed by atoms with Crippen LogP contribution in [0.1, 0.15) is 36.8 Å². The van der Waals surface area contributed by atoms with E-state index in [2.05, 4.69) is 16.7 Å². The number of urea groups is 1. The fourth-order valence-electron chi connectivity index (χ4n) is 3.11. The first-order chi connectivity index (χ1) is 13.2. The van der Waals surface area contributed by atoms with Crippen molar-refractivity contribution in [1.82, 2.24) is 5.32 Å². The number of nitrogens with one attached hydrogen (secondary N) is 2. The molecule has 0 radical (unpaired) electrons. The predicted octanol–water partition coefficient (Wildman–Crippen LogP) is 3.94. The standard InChI is InChI=1S/C21H20N4O2/c22-13-15-1-5-17(6-2-15)24-21(26)25-18-7-11-20(12-8-18)27-19-9-3-16(14-23)4-10-19/h1-6,9-10,18,20H,7-8,11-12H2,(H2,24,25,26). The lowest BCUT2D eigenvalue weighted by Crippen LogP contribution is -2.41. The Balaban J connectivity index is 1.42. The van der Waals surface area contributed by atoms with Crippen LogP contribution < -0.4 is 15.4 Å². The van der Waals surface area contributed by atoms with Crippen molar-refractivity contribution < 1.29 is 9.53 Å². The van der Waals surface area contributed by atoms with E-state index in [9.17, 15) is 4.79 Å². The van der Waals surface area contributed by atoms with E-state index >= 15 is 0 Å². The Kier molecular flexibility index (Phi) is 5.91. The van der Waals surface area contributed by atoms with E-state index in [-0.39, 0.29) is 18.2 Å². The predicted molar refractivity (Wildman–Crippen MR) is 101 cm³/mol. The highest BCUT2D eigenvalue weighted by Crippen LogP contribution is 2.24. The Hall–Kier alpha value is -3.51. The molecular weight excluding hydrogens is 340 g/mol. The number of hydrogen-bond donors (Lipinski definition) is 2. The van der Waals surface area contributed by atoms with Gasteiger partial charge in [0.1, 0.15) is 5.75 Å². The number of carbonyl (C=O) groups excluding carboxylic acids is 1. The van der Waals surface area contributed by atoms with Crippen LogP contribution in [-0.4, -0.2) is 18.2 Å². The maximum absolute atomic E-state index is 12.1. The molecule has 0 unspecified atom stereocenters. The number of ether oxygens (including phenoxy) is 1. The molecule has 0 heterocycles. The van der Waals surface area contributed by atoms with E-state index < -0.39 is 0 Å². The van der Waals surface area contributed by atoms with E-state index in [0.717, 1.165) is 31.4 Å². The summed E-state index contributed by atoms with van der Waals surface area (Å²) in [5, 5.41) is 23.4. The van der Waals surface area contributed by atoms with Crippen LogP contribution in [0.15, 0.2) is 48.5 Å². The van der Waals surface area contributed by atoms with E-state index in [4.69, 9.17) is 15.3 Å². The van der Waals surface area contributed by atoms with Crippen molar-refractivity contribution in [2.24, 2.45) is 0 Å². The second kappa shape index (κ2) is 8.73. The van der Waals surface area contributed by atoms with Gasteiger partial charge in [0, 0.05) is 11.7 Å². The molecular formula is C21H20N4O2. The van der Waals surface area contributed by atoms with Gasteiger partial charge in [0.05, 0.1) is 29.4 Å². The third-order valence-electron chi connectivity index (χ3n) is 4.57. The summed E-state index contributed by atoms with van der Waals surface area (Å²) in [6.45, 7) is 0. The first-order valence-corrected chi connectivity index (χ1v) is 8.91. The van der Waals surface area contributed by atoms with Crippen LogP contribution in [0.3, 0.4) is 0 Å². The molecule has 0 atom stereocenters. The van der Waals surface area contributed by atoms with Crippen LogP contribution in [0.4, 0.5) is 10.5 Å². The molecule has 2 amide bonds. The molecule has 0 bridgehead atoms. The van der Waals surface area contributed by atoms with Gasteiger partial charge in [-0.25, -0.2) is 4.79 Å². The molecule has 0 aromatic heterocycles. The molecule has 6 nitrogen and oxygen atoms in total. The van der Waals surface area contributed by atoms with Gasteiger partial charge in [0.2, 0.25) is 0 Å². The highest BCUT2D eigenvalue weighted by molar-refractivity contribution is 5.89. The zero-order chi connectivity index (χ0) is 19.1. The van der Waals surface area contributed by atoms with Gasteiger partial charge in [-0.2, -0.15) is 10.5 Å². The number of nitriles is 2. The van der Waals surface area contributed by atoms with Crippen LogP contribution in [-0.2, 0) is 0 Å². The van der Waals surface area contributed by atoms with Gasteiger partial charge in [0.25, 0.3) is 0 Å². The zero-order valence-corrected chi connectivity index (χ0v) is 14.8. The maximum atomic E-state index is 12.1. The lowest BCUT2D eigenvalue weighted by Gasteiger charge is -2.29. The molecule has 2 aromatic carbocycles. The summed E-state index contributed by atoms with van der Waals surface area (Å²) in [6.07, 6.45) is 3.55. The van der Waals surface area contributed by atoms with Gasteiger partial charge >= 0.3 is 6.03 Å². The Labute approximate surface area is 158 Å². The monoisotopic (exact) mass is 360 g/mol. The van der Waals surface area contributed by atoms with Crippen LogP contribution in [0.25, 0.3) is 0 Å². The molecule has 0 aliphatic heterocycles. The van der Waals surface area contributed by atoms with Crippen LogP contribution in [0, 0.1) is 22.7 Å². The average Bonchev–Trinajstić information content (AvgIpc) is 2.70. The van der Waals surface area contributed by atoms with Crippen LogP contribution in [0.5, 0.6) is 5.75 Å². The molecule has 2 N–H and O–H groups in total. The normalized spacial score (nSPS) is 18.6. The fraction of sp³-hybridized carbons (Fsp3) is 0.286. The van der Waals surface area contributed by atoms with Crippen molar-refractivity contribution in [3.63, 3.8) is 0 Å². The molecule has 136 valence electrons. The fourth-order valence-corrected chi connectivity index (χ4v) is 3.11. The van der Waals surface area contributed by atoms with Crippen molar-refractivity contribution in [1.29, 1.82) is 10.5 Å². The molecule has 27 heavy (non-hydrogen) atoms. The van der Waals surface area contributed by atoms with Crippen molar-refractivity contribution in [2.75, 3.05) is 5.32 Å². The molecule has 3 rings (SSSR count). The van der Waals surface area contributed by atoms with Crippen molar-refractivity contribution in [2.45, 2.75) is 37.8 Å². The van der Waals surface area contributed by atoms with Crippen molar-refractivity contribution >= 4 is 11.7 Å². The number of benzene rings is 2. The van der Waals surface area contributed by atoms with Gasteiger partial charge in [-0.1, -0.05) is 0 Å². The van der Waals surface area contributed by atoms with Gasteiger partial charge in [-0.15, -0.1) is 0 Å². The average molecular weight is 360 g/mol. The summed E-state index contributed by atoms with van der Waals surface area (Å²) in [7, 11) is 0. The first-order valence-electron chi connectivity index (χ1n) is 8.91.